The number of aromatic amines is 1. The Morgan fingerprint density at radius 3 is 2.68 bits per heavy atom. The van der Waals surface area contributed by atoms with Crippen molar-refractivity contribution in [2.24, 2.45) is 0 Å². The van der Waals surface area contributed by atoms with Crippen LogP contribution in [0.2, 0.25) is 0 Å². The molecule has 2 aromatic heterocycles. The number of hydrogen-bond donors (Lipinski definition) is 2. The van der Waals surface area contributed by atoms with Gasteiger partial charge in [-0.15, -0.1) is 0 Å². The monoisotopic (exact) mass is 426 g/mol. The van der Waals surface area contributed by atoms with Gasteiger partial charge >= 0.3 is 0 Å². The van der Waals surface area contributed by atoms with Crippen molar-refractivity contribution in [1.29, 1.82) is 0 Å². The highest BCUT2D eigenvalue weighted by molar-refractivity contribution is 6.00. The van der Waals surface area contributed by atoms with Crippen LogP contribution in [0.3, 0.4) is 0 Å². The van der Waals surface area contributed by atoms with Crippen LogP contribution in [0.15, 0.2) is 35.1 Å². The summed E-state index contributed by atoms with van der Waals surface area (Å²) in [4.78, 5) is 30.1. The Morgan fingerprint density at radius 1 is 1.23 bits per heavy atom. The highest BCUT2D eigenvalue weighted by Crippen LogP contribution is 2.22. The molecule has 0 aliphatic carbocycles. The molecule has 1 aliphatic rings. The van der Waals surface area contributed by atoms with Gasteiger partial charge in [-0.25, -0.2) is 4.98 Å². The number of amides is 1. The van der Waals surface area contributed by atoms with Gasteiger partial charge in [0.05, 0.1) is 11.3 Å². The summed E-state index contributed by atoms with van der Waals surface area (Å²) in [5.41, 5.74) is 3.52. The predicted molar refractivity (Wildman–Crippen MR) is 112 cm³/mol. The number of nitrogens with one attached hydrogen (secondary N) is 1. The molecule has 0 unspecified atom stereocenters. The molecule has 0 atom stereocenters. The minimum absolute atomic E-state index is 0.0335. The zero-order valence-corrected chi connectivity index (χ0v) is 17.6. The molecule has 164 valence electrons. The molecule has 10 heteroatoms. The SMILES string of the molecule is Cc1noc(C)c1CN1CCCN(C(=O)c2ccccc2-c2ncn[nH]2)CC1.O=CO. The minimum atomic E-state index is -0.250. The summed E-state index contributed by atoms with van der Waals surface area (Å²) in [5, 5.41) is 17.7. The van der Waals surface area contributed by atoms with Crippen LogP contribution in [0.5, 0.6) is 0 Å². The Labute approximate surface area is 179 Å². The molecule has 1 aromatic carbocycles. The molecule has 1 saturated heterocycles. The van der Waals surface area contributed by atoms with Crippen LogP contribution in [-0.4, -0.2) is 73.8 Å². The molecule has 0 bridgehead atoms. The summed E-state index contributed by atoms with van der Waals surface area (Å²) in [6, 6.07) is 7.54. The van der Waals surface area contributed by atoms with Crippen molar-refractivity contribution < 1.29 is 19.2 Å². The van der Waals surface area contributed by atoms with E-state index in [1.807, 2.05) is 43.0 Å². The maximum Gasteiger partial charge on any atom is 0.290 e. The molecule has 10 nitrogen and oxygen atoms in total. The van der Waals surface area contributed by atoms with E-state index in [2.05, 4.69) is 25.2 Å². The van der Waals surface area contributed by atoms with E-state index in [-0.39, 0.29) is 12.4 Å². The first-order valence-electron chi connectivity index (χ1n) is 10.0. The van der Waals surface area contributed by atoms with Gasteiger partial charge in [0.15, 0.2) is 5.82 Å². The third kappa shape index (κ3) is 5.34. The lowest BCUT2D eigenvalue weighted by molar-refractivity contribution is -0.122. The summed E-state index contributed by atoms with van der Waals surface area (Å²) in [5.74, 6) is 1.51. The maximum atomic E-state index is 13.2. The summed E-state index contributed by atoms with van der Waals surface area (Å²) in [6.07, 6.45) is 2.38. The van der Waals surface area contributed by atoms with Gasteiger partial charge in [0.1, 0.15) is 12.1 Å². The largest absolute Gasteiger partial charge is 0.483 e. The highest BCUT2D eigenvalue weighted by Gasteiger charge is 2.24. The molecule has 4 rings (SSSR count). The van der Waals surface area contributed by atoms with Gasteiger partial charge in [0.25, 0.3) is 12.4 Å². The molecular weight excluding hydrogens is 400 g/mol. The fourth-order valence-electron chi connectivity index (χ4n) is 3.67. The average Bonchev–Trinajstić information content (AvgIpc) is 3.34. The summed E-state index contributed by atoms with van der Waals surface area (Å²) in [6.45, 7) is 7.66. The van der Waals surface area contributed by atoms with Crippen molar-refractivity contribution >= 4 is 12.4 Å². The molecule has 0 saturated carbocycles. The number of benzene rings is 1. The lowest BCUT2D eigenvalue weighted by Crippen LogP contribution is -2.35. The maximum absolute atomic E-state index is 13.2. The van der Waals surface area contributed by atoms with Gasteiger partial charge in [0.2, 0.25) is 0 Å². The smallest absolute Gasteiger partial charge is 0.290 e. The number of carbonyl (C=O) groups is 2. The standard InChI is InChI=1S/C20H24N6O2.CH2O2/c1-14-18(15(2)28-24-14)12-25-8-5-9-26(11-10-25)20(27)17-7-4-3-6-16(17)19-21-13-22-23-19;2-1-3/h3-4,6-7,13H,5,8-12H2,1-2H3,(H,21,22,23);1H,(H,2,3). The molecule has 0 spiro atoms. The van der Waals surface area contributed by atoms with Gasteiger partial charge in [-0.05, 0) is 26.3 Å². The second-order valence-electron chi connectivity index (χ2n) is 7.21. The van der Waals surface area contributed by atoms with Crippen LogP contribution in [0, 0.1) is 13.8 Å². The predicted octanol–water partition coefficient (Wildman–Crippen LogP) is 2.13. The van der Waals surface area contributed by atoms with Gasteiger partial charge in [0, 0.05) is 43.9 Å². The molecular formula is C21H26N6O4. The van der Waals surface area contributed by atoms with Crippen molar-refractivity contribution in [3.8, 4) is 11.4 Å². The van der Waals surface area contributed by atoms with E-state index in [0.717, 1.165) is 55.2 Å². The molecule has 1 aliphatic heterocycles. The summed E-state index contributed by atoms with van der Waals surface area (Å²) in [7, 11) is 0. The van der Waals surface area contributed by atoms with E-state index < -0.39 is 0 Å². The fourth-order valence-corrected chi connectivity index (χ4v) is 3.67. The average molecular weight is 426 g/mol. The van der Waals surface area contributed by atoms with E-state index in [1.54, 1.807) is 0 Å². The molecule has 2 N–H and O–H groups in total. The molecule has 31 heavy (non-hydrogen) atoms. The number of carbonyl (C=O) groups excluding carboxylic acids is 1. The van der Waals surface area contributed by atoms with E-state index >= 15 is 0 Å². The van der Waals surface area contributed by atoms with Crippen molar-refractivity contribution in [1.82, 2.24) is 30.1 Å². The van der Waals surface area contributed by atoms with Crippen molar-refractivity contribution in [2.45, 2.75) is 26.8 Å². The number of carboxylic acid groups (broad SMARTS) is 1. The van der Waals surface area contributed by atoms with Crippen LogP contribution >= 0.6 is 0 Å². The van der Waals surface area contributed by atoms with Crippen LogP contribution in [0.4, 0.5) is 0 Å². The van der Waals surface area contributed by atoms with Crippen molar-refractivity contribution in [3.05, 3.63) is 53.2 Å². The van der Waals surface area contributed by atoms with E-state index in [9.17, 15) is 4.79 Å². The number of rotatable bonds is 4. The number of hydrogen-bond acceptors (Lipinski definition) is 7. The van der Waals surface area contributed by atoms with E-state index in [0.29, 0.717) is 17.9 Å². The molecule has 1 amide bonds. The Kier molecular flexibility index (Phi) is 7.50. The summed E-state index contributed by atoms with van der Waals surface area (Å²) >= 11 is 0. The Balaban J connectivity index is 0.000000858. The topological polar surface area (TPSA) is 128 Å². The molecule has 3 aromatic rings. The summed E-state index contributed by atoms with van der Waals surface area (Å²) < 4.78 is 5.28. The van der Waals surface area contributed by atoms with E-state index in [1.165, 1.54) is 6.33 Å². The quantitative estimate of drug-likeness (QED) is 0.607. The van der Waals surface area contributed by atoms with Crippen LogP contribution in [-0.2, 0) is 11.3 Å². The van der Waals surface area contributed by atoms with Gasteiger partial charge in [-0.2, -0.15) is 5.10 Å². The van der Waals surface area contributed by atoms with Gasteiger partial charge in [-0.3, -0.25) is 19.6 Å². The third-order valence-electron chi connectivity index (χ3n) is 5.27. The Morgan fingerprint density at radius 2 is 2.00 bits per heavy atom. The van der Waals surface area contributed by atoms with Gasteiger partial charge < -0.3 is 14.5 Å². The fraction of sp³-hybridized carbons (Fsp3) is 0.381. The Hall–Kier alpha value is -3.53. The van der Waals surface area contributed by atoms with Gasteiger partial charge in [-0.1, -0.05) is 23.4 Å². The van der Waals surface area contributed by atoms with Crippen molar-refractivity contribution in [2.75, 3.05) is 26.2 Å². The minimum Gasteiger partial charge on any atom is -0.483 e. The lowest BCUT2D eigenvalue weighted by Gasteiger charge is -2.22. The Bertz CT molecular complexity index is 982. The van der Waals surface area contributed by atoms with Crippen LogP contribution < -0.4 is 0 Å². The first-order valence-corrected chi connectivity index (χ1v) is 10.0. The number of aryl methyl sites for hydroxylation is 2. The zero-order valence-electron chi connectivity index (χ0n) is 17.6. The molecule has 1 fully saturated rings. The second kappa shape index (κ2) is 10.5. The first kappa shape index (κ1) is 22.2. The second-order valence-corrected chi connectivity index (χ2v) is 7.21. The molecule has 3 heterocycles. The number of aromatic nitrogens is 4. The van der Waals surface area contributed by atoms with E-state index in [4.69, 9.17) is 14.4 Å². The zero-order chi connectivity index (χ0) is 22.2. The van der Waals surface area contributed by atoms with Crippen LogP contribution in [0.1, 0.15) is 33.8 Å². The number of H-pyrrole nitrogens is 1. The lowest BCUT2D eigenvalue weighted by atomic mass is 10.1. The highest BCUT2D eigenvalue weighted by atomic mass is 16.5. The molecule has 0 radical (unpaired) electrons. The first-order chi connectivity index (χ1) is 15.0. The van der Waals surface area contributed by atoms with Crippen molar-refractivity contribution in [3.63, 3.8) is 0 Å². The number of nitrogens with zero attached hydrogens (tertiary/aromatic N) is 5. The third-order valence-corrected chi connectivity index (χ3v) is 5.27. The van der Waals surface area contributed by atoms with Crippen LogP contribution in [0.25, 0.3) is 11.4 Å². The normalized spacial score (nSPS) is 14.5.